The Hall–Kier alpha value is -1.31. The van der Waals surface area contributed by atoms with E-state index in [1.54, 1.807) is 7.11 Å². The molecule has 0 aliphatic carbocycles. The molecule has 2 rings (SSSR count). The predicted octanol–water partition coefficient (Wildman–Crippen LogP) is 2.15. The van der Waals surface area contributed by atoms with Crippen molar-refractivity contribution in [3.63, 3.8) is 0 Å². The summed E-state index contributed by atoms with van der Waals surface area (Å²) in [7, 11) is 1.65. The van der Waals surface area contributed by atoms with Gasteiger partial charge in [0.15, 0.2) is 0 Å². The van der Waals surface area contributed by atoms with Crippen LogP contribution in [0.2, 0.25) is 0 Å². The minimum absolute atomic E-state index is 0. The van der Waals surface area contributed by atoms with Gasteiger partial charge in [-0.05, 0) is 36.7 Å². The molecule has 136 valence electrons. The quantitative estimate of drug-likeness (QED) is 0.568. The number of nitrogens with one attached hydrogen (secondary N) is 1. The lowest BCUT2D eigenvalue weighted by molar-refractivity contribution is 0.0180. The molecular formula is C17H27ClN2O4. The average Bonchev–Trinajstić information content (AvgIpc) is 2.96. The average molecular weight is 359 g/mol. The number of fused-ring (bicyclic) bond motifs is 1. The number of hydrogen-bond donors (Lipinski definition) is 2. The zero-order valence-electron chi connectivity index (χ0n) is 14.1. The fourth-order valence-corrected chi connectivity index (χ4v) is 2.29. The van der Waals surface area contributed by atoms with Crippen LogP contribution in [0.25, 0.3) is 10.9 Å². The number of halogens is 1. The first kappa shape index (κ1) is 20.7. The topological polar surface area (TPSA) is 78.7 Å². The molecule has 0 amide bonds. The number of rotatable bonds is 12. The largest absolute Gasteiger partial charge is 0.491 e. The first-order valence-electron chi connectivity index (χ1n) is 7.92. The molecule has 0 aliphatic heterocycles. The van der Waals surface area contributed by atoms with Crippen LogP contribution >= 0.6 is 12.4 Å². The van der Waals surface area contributed by atoms with Crippen molar-refractivity contribution in [1.29, 1.82) is 0 Å². The van der Waals surface area contributed by atoms with Gasteiger partial charge in [0, 0.05) is 24.2 Å². The van der Waals surface area contributed by atoms with Gasteiger partial charge in [0.25, 0.3) is 0 Å². The molecule has 0 radical (unpaired) electrons. The Morgan fingerprint density at radius 3 is 2.42 bits per heavy atom. The van der Waals surface area contributed by atoms with Crippen LogP contribution in [-0.4, -0.2) is 58.3 Å². The Morgan fingerprint density at radius 1 is 1.00 bits per heavy atom. The monoisotopic (exact) mass is 358 g/mol. The SMILES string of the molecule is COCCOCCOCCOc1ccc2[nH]cc(CCN)c2c1.Cl. The van der Waals surface area contributed by atoms with Crippen molar-refractivity contribution in [2.24, 2.45) is 5.73 Å². The Kier molecular flexibility index (Phi) is 10.5. The third kappa shape index (κ3) is 6.67. The number of aromatic amines is 1. The predicted molar refractivity (Wildman–Crippen MR) is 97.3 cm³/mol. The van der Waals surface area contributed by atoms with Gasteiger partial charge in [-0.2, -0.15) is 0 Å². The lowest BCUT2D eigenvalue weighted by atomic mass is 10.1. The van der Waals surface area contributed by atoms with E-state index in [2.05, 4.69) is 4.98 Å². The van der Waals surface area contributed by atoms with E-state index < -0.39 is 0 Å². The summed E-state index contributed by atoms with van der Waals surface area (Å²) in [5.74, 6) is 0.843. The highest BCUT2D eigenvalue weighted by Crippen LogP contribution is 2.23. The Labute approximate surface area is 149 Å². The number of H-pyrrole nitrogens is 1. The van der Waals surface area contributed by atoms with Crippen molar-refractivity contribution in [3.8, 4) is 5.75 Å². The molecular weight excluding hydrogens is 332 g/mol. The highest BCUT2D eigenvalue weighted by Gasteiger charge is 2.04. The summed E-state index contributed by atoms with van der Waals surface area (Å²) in [6.07, 6.45) is 2.86. The Morgan fingerprint density at radius 2 is 1.71 bits per heavy atom. The van der Waals surface area contributed by atoms with Crippen LogP contribution in [0, 0.1) is 0 Å². The summed E-state index contributed by atoms with van der Waals surface area (Å²) in [5.41, 5.74) is 7.96. The molecule has 0 bridgehead atoms. The zero-order chi connectivity index (χ0) is 16.3. The van der Waals surface area contributed by atoms with Gasteiger partial charge in [0.05, 0.1) is 33.0 Å². The minimum atomic E-state index is 0. The van der Waals surface area contributed by atoms with E-state index >= 15 is 0 Å². The van der Waals surface area contributed by atoms with E-state index in [4.69, 9.17) is 24.7 Å². The molecule has 6 nitrogen and oxygen atoms in total. The Bertz CT molecular complexity index is 577. The van der Waals surface area contributed by atoms with E-state index in [0.29, 0.717) is 46.2 Å². The molecule has 2 aromatic rings. The molecule has 1 aromatic heterocycles. The van der Waals surface area contributed by atoms with Crippen LogP contribution in [0.5, 0.6) is 5.75 Å². The lowest BCUT2D eigenvalue weighted by Gasteiger charge is -2.08. The summed E-state index contributed by atoms with van der Waals surface area (Å²) in [5, 5.41) is 1.17. The molecule has 7 heteroatoms. The number of hydrogen-bond acceptors (Lipinski definition) is 5. The molecule has 1 aromatic carbocycles. The van der Waals surface area contributed by atoms with Crippen LogP contribution in [0.3, 0.4) is 0 Å². The van der Waals surface area contributed by atoms with Gasteiger partial charge in [-0.3, -0.25) is 0 Å². The first-order chi connectivity index (χ1) is 11.3. The van der Waals surface area contributed by atoms with Gasteiger partial charge in [-0.15, -0.1) is 12.4 Å². The van der Waals surface area contributed by atoms with Gasteiger partial charge in [-0.1, -0.05) is 0 Å². The van der Waals surface area contributed by atoms with Crippen molar-refractivity contribution in [2.75, 3.05) is 53.3 Å². The van der Waals surface area contributed by atoms with Crippen molar-refractivity contribution in [2.45, 2.75) is 6.42 Å². The second-order valence-corrected chi connectivity index (χ2v) is 5.13. The molecule has 3 N–H and O–H groups in total. The van der Waals surface area contributed by atoms with E-state index in [9.17, 15) is 0 Å². The highest BCUT2D eigenvalue weighted by atomic mass is 35.5. The maximum absolute atomic E-state index is 5.73. The third-order valence-corrected chi connectivity index (χ3v) is 3.45. The van der Waals surface area contributed by atoms with E-state index in [0.717, 1.165) is 17.7 Å². The van der Waals surface area contributed by atoms with E-state index in [-0.39, 0.29) is 12.4 Å². The second-order valence-electron chi connectivity index (χ2n) is 5.13. The fraction of sp³-hybridized carbons (Fsp3) is 0.529. The van der Waals surface area contributed by atoms with Crippen molar-refractivity contribution in [3.05, 3.63) is 30.0 Å². The van der Waals surface area contributed by atoms with Crippen LogP contribution in [0.4, 0.5) is 0 Å². The van der Waals surface area contributed by atoms with Crippen molar-refractivity contribution >= 4 is 23.3 Å². The van der Waals surface area contributed by atoms with Gasteiger partial charge in [0.1, 0.15) is 12.4 Å². The summed E-state index contributed by atoms with van der Waals surface area (Å²) in [6.45, 7) is 4.02. The van der Waals surface area contributed by atoms with Crippen LogP contribution in [-0.2, 0) is 20.6 Å². The summed E-state index contributed by atoms with van der Waals surface area (Å²) < 4.78 is 21.4. The summed E-state index contributed by atoms with van der Waals surface area (Å²) in [4.78, 5) is 3.25. The Balaban J connectivity index is 0.00000288. The maximum Gasteiger partial charge on any atom is 0.120 e. The number of ether oxygens (including phenoxy) is 4. The van der Waals surface area contributed by atoms with Crippen LogP contribution < -0.4 is 10.5 Å². The van der Waals surface area contributed by atoms with Gasteiger partial charge in [-0.25, -0.2) is 0 Å². The number of aromatic nitrogens is 1. The van der Waals surface area contributed by atoms with E-state index in [1.165, 1.54) is 10.9 Å². The molecule has 0 saturated carbocycles. The van der Waals surface area contributed by atoms with Gasteiger partial charge >= 0.3 is 0 Å². The number of benzene rings is 1. The molecule has 0 fully saturated rings. The van der Waals surface area contributed by atoms with Crippen LogP contribution in [0.1, 0.15) is 5.56 Å². The highest BCUT2D eigenvalue weighted by molar-refractivity contribution is 5.85. The van der Waals surface area contributed by atoms with Gasteiger partial charge < -0.3 is 29.7 Å². The lowest BCUT2D eigenvalue weighted by Crippen LogP contribution is -2.12. The van der Waals surface area contributed by atoms with Gasteiger partial charge in [0.2, 0.25) is 0 Å². The first-order valence-corrected chi connectivity index (χ1v) is 7.92. The van der Waals surface area contributed by atoms with E-state index in [1.807, 2.05) is 24.4 Å². The maximum atomic E-state index is 5.73. The molecule has 0 unspecified atom stereocenters. The normalized spacial score (nSPS) is 10.8. The summed E-state index contributed by atoms with van der Waals surface area (Å²) in [6, 6.07) is 6.03. The number of nitrogens with two attached hydrogens (primary N) is 1. The van der Waals surface area contributed by atoms with Crippen LogP contribution in [0.15, 0.2) is 24.4 Å². The third-order valence-electron chi connectivity index (χ3n) is 3.45. The molecule has 0 saturated heterocycles. The zero-order valence-corrected chi connectivity index (χ0v) is 14.9. The second kappa shape index (κ2) is 12.1. The minimum Gasteiger partial charge on any atom is -0.491 e. The fourth-order valence-electron chi connectivity index (χ4n) is 2.29. The smallest absolute Gasteiger partial charge is 0.120 e. The molecule has 24 heavy (non-hydrogen) atoms. The molecule has 0 aliphatic rings. The molecule has 0 spiro atoms. The number of methoxy groups -OCH3 is 1. The molecule has 1 heterocycles. The van der Waals surface area contributed by atoms with Crippen molar-refractivity contribution < 1.29 is 18.9 Å². The molecule has 0 atom stereocenters. The summed E-state index contributed by atoms with van der Waals surface area (Å²) >= 11 is 0. The van der Waals surface area contributed by atoms with Crippen molar-refractivity contribution in [1.82, 2.24) is 4.98 Å². The standard InChI is InChI=1S/C17H26N2O4.ClH/c1-20-6-7-21-8-9-22-10-11-23-15-2-3-17-16(12-15)14(4-5-18)13-19-17;/h2-3,12-13,19H,4-11,18H2,1H3;1H.